The molecule has 19 heavy (non-hydrogen) atoms. The molecule has 1 aromatic rings. The summed E-state index contributed by atoms with van der Waals surface area (Å²) in [5, 5.41) is 11.8. The van der Waals surface area contributed by atoms with E-state index in [-0.39, 0.29) is 11.5 Å². The van der Waals surface area contributed by atoms with E-state index < -0.39 is 27.9 Å². The molecule has 0 amide bonds. The maximum atomic E-state index is 11.8. The largest absolute Gasteiger partial charge is 0.497 e. The van der Waals surface area contributed by atoms with Crippen LogP contribution in [0.25, 0.3) is 0 Å². The van der Waals surface area contributed by atoms with Crippen LogP contribution in [0.5, 0.6) is 5.75 Å². The molecule has 0 saturated carbocycles. The number of methoxy groups -OCH3 is 1. The minimum Gasteiger partial charge on any atom is -0.497 e. The third-order valence-corrected chi connectivity index (χ3v) is 4.72. The summed E-state index contributed by atoms with van der Waals surface area (Å²) in [7, 11) is -1.86. The van der Waals surface area contributed by atoms with Gasteiger partial charge in [-0.3, -0.25) is 10.1 Å². The number of sulfone groups is 1. The zero-order valence-corrected chi connectivity index (χ0v) is 11.2. The average molecular weight is 285 g/mol. The van der Waals surface area contributed by atoms with Gasteiger partial charge in [0, 0.05) is 6.04 Å². The van der Waals surface area contributed by atoms with Gasteiger partial charge in [-0.05, 0) is 17.7 Å². The van der Waals surface area contributed by atoms with E-state index in [0.29, 0.717) is 11.3 Å². The van der Waals surface area contributed by atoms with E-state index in [2.05, 4.69) is 5.32 Å². The SMILES string of the molecule is COc1cccc(C2CS(=O)(=O)CC(C(=O)O)N2)c1. The number of hydrogen-bond donors (Lipinski definition) is 2. The summed E-state index contributed by atoms with van der Waals surface area (Å²) >= 11 is 0. The fourth-order valence-electron chi connectivity index (χ4n) is 2.11. The van der Waals surface area contributed by atoms with Crippen molar-refractivity contribution < 1.29 is 23.1 Å². The number of carboxylic acids is 1. The van der Waals surface area contributed by atoms with Crippen LogP contribution < -0.4 is 10.1 Å². The van der Waals surface area contributed by atoms with Crippen molar-refractivity contribution in [3.8, 4) is 5.75 Å². The second-order valence-corrected chi connectivity index (χ2v) is 6.62. The van der Waals surface area contributed by atoms with Crippen molar-refractivity contribution in [2.45, 2.75) is 12.1 Å². The van der Waals surface area contributed by atoms with Gasteiger partial charge in [0.05, 0.1) is 18.6 Å². The Morgan fingerprint density at radius 2 is 2.16 bits per heavy atom. The molecule has 1 saturated heterocycles. The molecule has 0 spiro atoms. The van der Waals surface area contributed by atoms with Gasteiger partial charge in [-0.2, -0.15) is 0 Å². The van der Waals surface area contributed by atoms with Gasteiger partial charge in [-0.1, -0.05) is 12.1 Å². The minimum absolute atomic E-state index is 0.107. The molecule has 0 aromatic heterocycles. The van der Waals surface area contributed by atoms with Gasteiger partial charge < -0.3 is 9.84 Å². The number of rotatable bonds is 3. The Hall–Kier alpha value is -1.60. The number of carbonyl (C=O) groups is 1. The number of benzene rings is 1. The zero-order chi connectivity index (χ0) is 14.0. The predicted molar refractivity (Wildman–Crippen MR) is 68.9 cm³/mol. The molecule has 6 nitrogen and oxygen atoms in total. The maximum Gasteiger partial charge on any atom is 0.321 e. The summed E-state index contributed by atoms with van der Waals surface area (Å²) in [5.74, 6) is -1.03. The molecule has 0 bridgehead atoms. The van der Waals surface area contributed by atoms with E-state index in [1.807, 2.05) is 0 Å². The number of nitrogens with one attached hydrogen (secondary N) is 1. The van der Waals surface area contributed by atoms with Crippen LogP contribution in [-0.4, -0.2) is 44.2 Å². The topological polar surface area (TPSA) is 92.7 Å². The summed E-state index contributed by atoms with van der Waals surface area (Å²) in [4.78, 5) is 11.0. The lowest BCUT2D eigenvalue weighted by Crippen LogP contribution is -2.51. The lowest BCUT2D eigenvalue weighted by molar-refractivity contribution is -0.139. The molecule has 0 radical (unpaired) electrons. The van der Waals surface area contributed by atoms with Crippen LogP contribution in [0.1, 0.15) is 11.6 Å². The van der Waals surface area contributed by atoms with Gasteiger partial charge >= 0.3 is 5.97 Å². The van der Waals surface area contributed by atoms with Crippen molar-refractivity contribution in [2.75, 3.05) is 18.6 Å². The Balaban J connectivity index is 2.30. The van der Waals surface area contributed by atoms with Crippen molar-refractivity contribution in [2.24, 2.45) is 0 Å². The molecule has 104 valence electrons. The molecule has 7 heteroatoms. The van der Waals surface area contributed by atoms with Crippen LogP contribution in [0.3, 0.4) is 0 Å². The molecule has 2 N–H and O–H groups in total. The third kappa shape index (κ3) is 3.24. The first kappa shape index (κ1) is 13.8. The molecule has 1 heterocycles. The van der Waals surface area contributed by atoms with E-state index in [1.54, 1.807) is 24.3 Å². The smallest absolute Gasteiger partial charge is 0.321 e. The van der Waals surface area contributed by atoms with Crippen molar-refractivity contribution in [3.05, 3.63) is 29.8 Å². The lowest BCUT2D eigenvalue weighted by atomic mass is 10.1. The second kappa shape index (κ2) is 5.18. The fraction of sp³-hybridized carbons (Fsp3) is 0.417. The molecule has 2 rings (SSSR count). The van der Waals surface area contributed by atoms with E-state index >= 15 is 0 Å². The molecule has 0 aliphatic carbocycles. The first-order valence-electron chi connectivity index (χ1n) is 5.74. The molecule has 1 aliphatic heterocycles. The van der Waals surface area contributed by atoms with Gasteiger partial charge in [-0.15, -0.1) is 0 Å². The fourth-order valence-corrected chi connectivity index (χ4v) is 3.79. The lowest BCUT2D eigenvalue weighted by Gasteiger charge is -2.29. The summed E-state index contributed by atoms with van der Waals surface area (Å²) in [6.07, 6.45) is 0. The molecule has 1 aromatic carbocycles. The van der Waals surface area contributed by atoms with Crippen molar-refractivity contribution >= 4 is 15.8 Å². The van der Waals surface area contributed by atoms with Crippen LogP contribution >= 0.6 is 0 Å². The Morgan fingerprint density at radius 1 is 1.42 bits per heavy atom. The summed E-state index contributed by atoms with van der Waals surface area (Å²) < 4.78 is 28.6. The standard InChI is InChI=1S/C12H15NO5S/c1-18-9-4-2-3-8(5-9)10-6-19(16,17)7-11(13-10)12(14)15/h2-5,10-11,13H,6-7H2,1H3,(H,14,15). The zero-order valence-electron chi connectivity index (χ0n) is 10.4. The molecule has 1 aliphatic rings. The Morgan fingerprint density at radius 3 is 2.79 bits per heavy atom. The second-order valence-electron chi connectivity index (χ2n) is 4.46. The van der Waals surface area contributed by atoms with Gasteiger partial charge in [0.25, 0.3) is 0 Å². The van der Waals surface area contributed by atoms with Gasteiger partial charge in [0.1, 0.15) is 11.8 Å². The Bertz CT molecular complexity index is 584. The molecular formula is C12H15NO5S. The van der Waals surface area contributed by atoms with Crippen LogP contribution in [0.2, 0.25) is 0 Å². The number of aliphatic carboxylic acids is 1. The molecule has 2 atom stereocenters. The highest BCUT2D eigenvalue weighted by molar-refractivity contribution is 7.91. The van der Waals surface area contributed by atoms with E-state index in [1.165, 1.54) is 7.11 Å². The number of ether oxygens (including phenoxy) is 1. The van der Waals surface area contributed by atoms with Gasteiger partial charge in [0.2, 0.25) is 0 Å². The third-order valence-electron chi connectivity index (χ3n) is 3.04. The van der Waals surface area contributed by atoms with E-state index in [9.17, 15) is 13.2 Å². The average Bonchev–Trinajstić information content (AvgIpc) is 2.37. The summed E-state index contributed by atoms with van der Waals surface area (Å²) in [6.45, 7) is 0. The van der Waals surface area contributed by atoms with Gasteiger partial charge in [0.15, 0.2) is 9.84 Å². The van der Waals surface area contributed by atoms with E-state index in [0.717, 1.165) is 0 Å². The van der Waals surface area contributed by atoms with Crippen molar-refractivity contribution in [1.29, 1.82) is 0 Å². The van der Waals surface area contributed by atoms with Crippen LogP contribution in [0.4, 0.5) is 0 Å². The van der Waals surface area contributed by atoms with Gasteiger partial charge in [-0.25, -0.2) is 8.42 Å². The highest BCUT2D eigenvalue weighted by Crippen LogP contribution is 2.24. The van der Waals surface area contributed by atoms with Crippen molar-refractivity contribution in [1.82, 2.24) is 5.32 Å². The molecular weight excluding hydrogens is 270 g/mol. The number of hydrogen-bond acceptors (Lipinski definition) is 5. The highest BCUT2D eigenvalue weighted by atomic mass is 32.2. The monoisotopic (exact) mass is 285 g/mol. The van der Waals surface area contributed by atoms with Crippen LogP contribution in [0, 0.1) is 0 Å². The quantitative estimate of drug-likeness (QED) is 0.824. The predicted octanol–water partition coefficient (Wildman–Crippen LogP) is 0.207. The maximum absolute atomic E-state index is 11.8. The highest BCUT2D eigenvalue weighted by Gasteiger charge is 2.35. The number of carboxylic acid groups (broad SMARTS) is 1. The van der Waals surface area contributed by atoms with Crippen LogP contribution in [0.15, 0.2) is 24.3 Å². The first-order valence-corrected chi connectivity index (χ1v) is 7.56. The molecule has 2 unspecified atom stereocenters. The first-order chi connectivity index (χ1) is 8.91. The normalized spacial score (nSPS) is 25.7. The Labute approximate surface area is 111 Å². The summed E-state index contributed by atoms with van der Waals surface area (Å²) in [5.41, 5.74) is 0.703. The summed E-state index contributed by atoms with van der Waals surface area (Å²) in [6, 6.07) is 5.34. The van der Waals surface area contributed by atoms with Crippen molar-refractivity contribution in [3.63, 3.8) is 0 Å². The van der Waals surface area contributed by atoms with Crippen LogP contribution in [-0.2, 0) is 14.6 Å². The van der Waals surface area contributed by atoms with E-state index in [4.69, 9.17) is 9.84 Å². The molecule has 1 fully saturated rings. The Kier molecular flexibility index (Phi) is 3.77. The minimum atomic E-state index is -3.38.